The first-order valence-corrected chi connectivity index (χ1v) is 7.42. The minimum absolute atomic E-state index is 0.210. The number of nitrogens with one attached hydrogen (secondary N) is 1. The van der Waals surface area contributed by atoms with Crippen molar-refractivity contribution in [3.63, 3.8) is 0 Å². The number of carbonyl (C=O) groups excluding carboxylic acids is 2. The normalized spacial score (nSPS) is 10.0. The Kier molecular flexibility index (Phi) is 5.74. The maximum absolute atomic E-state index is 12.4. The Morgan fingerprint density at radius 1 is 1.09 bits per heavy atom. The van der Waals surface area contributed by atoms with Crippen molar-refractivity contribution < 1.29 is 14.3 Å². The van der Waals surface area contributed by atoms with Crippen LogP contribution in [0, 0.1) is 0 Å². The van der Waals surface area contributed by atoms with Crippen molar-refractivity contribution in [3.05, 3.63) is 65.7 Å². The van der Waals surface area contributed by atoms with Gasteiger partial charge in [0.25, 0.3) is 0 Å². The molecule has 0 aliphatic carbocycles. The van der Waals surface area contributed by atoms with E-state index >= 15 is 0 Å². The zero-order chi connectivity index (χ0) is 16.7. The number of esters is 1. The molecule has 0 aromatic heterocycles. The average Bonchev–Trinajstić information content (AvgIpc) is 2.60. The molecule has 120 valence electrons. The molecule has 23 heavy (non-hydrogen) atoms. The van der Waals surface area contributed by atoms with Crippen LogP contribution in [-0.2, 0) is 11.3 Å². The molecule has 2 aromatic carbocycles. The van der Waals surface area contributed by atoms with E-state index in [0.29, 0.717) is 24.3 Å². The van der Waals surface area contributed by atoms with Crippen LogP contribution in [0.4, 0.5) is 10.5 Å². The molecule has 5 heteroatoms. The maximum Gasteiger partial charge on any atom is 0.337 e. The molecule has 0 saturated heterocycles. The highest BCUT2D eigenvalue weighted by molar-refractivity contribution is 5.93. The topological polar surface area (TPSA) is 58.6 Å². The predicted molar refractivity (Wildman–Crippen MR) is 89.3 cm³/mol. The molecule has 0 spiro atoms. The van der Waals surface area contributed by atoms with Gasteiger partial charge in [0.1, 0.15) is 0 Å². The zero-order valence-corrected chi connectivity index (χ0v) is 13.3. The van der Waals surface area contributed by atoms with Gasteiger partial charge in [-0.05, 0) is 30.7 Å². The lowest BCUT2D eigenvalue weighted by molar-refractivity contribution is 0.0600. The average molecular weight is 312 g/mol. The second-order valence-electron chi connectivity index (χ2n) is 5.00. The summed E-state index contributed by atoms with van der Waals surface area (Å²) in [5.41, 5.74) is 2.02. The smallest absolute Gasteiger partial charge is 0.337 e. The molecule has 2 aromatic rings. The van der Waals surface area contributed by atoms with E-state index in [0.717, 1.165) is 5.56 Å². The van der Waals surface area contributed by atoms with Crippen LogP contribution in [0.25, 0.3) is 0 Å². The van der Waals surface area contributed by atoms with Crippen LogP contribution in [0.5, 0.6) is 0 Å². The van der Waals surface area contributed by atoms with E-state index < -0.39 is 5.97 Å². The number of amides is 2. The van der Waals surface area contributed by atoms with Crippen LogP contribution in [0.2, 0.25) is 0 Å². The Balaban J connectivity index is 2.06. The van der Waals surface area contributed by atoms with Gasteiger partial charge in [-0.1, -0.05) is 36.4 Å². The molecule has 0 aliphatic rings. The highest BCUT2D eigenvalue weighted by Gasteiger charge is 2.13. The Hall–Kier alpha value is -2.82. The molecule has 0 fully saturated rings. The van der Waals surface area contributed by atoms with Gasteiger partial charge in [-0.25, -0.2) is 9.59 Å². The van der Waals surface area contributed by atoms with Gasteiger partial charge in [0.05, 0.1) is 12.7 Å². The predicted octanol–water partition coefficient (Wildman–Crippen LogP) is 3.53. The Morgan fingerprint density at radius 3 is 2.48 bits per heavy atom. The highest BCUT2D eigenvalue weighted by atomic mass is 16.5. The van der Waals surface area contributed by atoms with E-state index in [1.165, 1.54) is 7.11 Å². The number of anilines is 1. The second-order valence-corrected chi connectivity index (χ2v) is 5.00. The summed E-state index contributed by atoms with van der Waals surface area (Å²) in [7, 11) is 1.33. The van der Waals surface area contributed by atoms with E-state index in [9.17, 15) is 9.59 Å². The first-order valence-electron chi connectivity index (χ1n) is 7.42. The van der Waals surface area contributed by atoms with Gasteiger partial charge in [0, 0.05) is 18.8 Å². The summed E-state index contributed by atoms with van der Waals surface area (Å²) in [6, 6.07) is 16.3. The van der Waals surface area contributed by atoms with Crippen molar-refractivity contribution in [1.29, 1.82) is 0 Å². The monoisotopic (exact) mass is 312 g/mol. The Morgan fingerprint density at radius 2 is 1.83 bits per heavy atom. The van der Waals surface area contributed by atoms with Crippen molar-refractivity contribution in [2.45, 2.75) is 13.5 Å². The van der Waals surface area contributed by atoms with Gasteiger partial charge in [-0.2, -0.15) is 0 Å². The van der Waals surface area contributed by atoms with Gasteiger partial charge >= 0.3 is 12.0 Å². The van der Waals surface area contributed by atoms with Crippen molar-refractivity contribution in [2.24, 2.45) is 0 Å². The Bertz CT molecular complexity index is 671. The number of urea groups is 1. The lowest BCUT2D eigenvalue weighted by atomic mass is 10.2. The third kappa shape index (κ3) is 4.57. The molecule has 0 bridgehead atoms. The second kappa shape index (κ2) is 7.98. The third-order valence-electron chi connectivity index (χ3n) is 3.42. The fraction of sp³-hybridized carbons (Fsp3) is 0.222. The molecule has 0 saturated carbocycles. The summed E-state index contributed by atoms with van der Waals surface area (Å²) < 4.78 is 4.68. The van der Waals surface area contributed by atoms with Crippen LogP contribution < -0.4 is 5.32 Å². The summed E-state index contributed by atoms with van der Waals surface area (Å²) in [4.78, 5) is 25.6. The van der Waals surface area contributed by atoms with E-state index in [4.69, 9.17) is 0 Å². The first kappa shape index (κ1) is 16.5. The molecule has 0 heterocycles. The van der Waals surface area contributed by atoms with Crippen molar-refractivity contribution in [1.82, 2.24) is 4.90 Å². The number of hydrogen-bond acceptors (Lipinski definition) is 3. The van der Waals surface area contributed by atoms with E-state index in [-0.39, 0.29) is 6.03 Å². The zero-order valence-electron chi connectivity index (χ0n) is 13.3. The first-order chi connectivity index (χ1) is 11.1. The molecule has 0 radical (unpaired) electrons. The quantitative estimate of drug-likeness (QED) is 0.859. The lowest BCUT2D eigenvalue weighted by Gasteiger charge is -2.21. The highest BCUT2D eigenvalue weighted by Crippen LogP contribution is 2.13. The van der Waals surface area contributed by atoms with Crippen molar-refractivity contribution in [3.8, 4) is 0 Å². The molecule has 2 amide bonds. The molecule has 0 unspecified atom stereocenters. The molecular weight excluding hydrogens is 292 g/mol. The molecule has 0 aliphatic heterocycles. The van der Waals surface area contributed by atoms with E-state index in [1.807, 2.05) is 37.3 Å². The SMILES string of the molecule is CCN(Cc1ccccc1)C(=O)Nc1cccc(C(=O)OC)c1. The van der Waals surface area contributed by atoms with Crippen LogP contribution in [0.1, 0.15) is 22.8 Å². The largest absolute Gasteiger partial charge is 0.465 e. The number of ether oxygens (including phenoxy) is 1. The Labute approximate surface area is 135 Å². The number of methoxy groups -OCH3 is 1. The van der Waals surface area contributed by atoms with Crippen LogP contribution in [-0.4, -0.2) is 30.6 Å². The van der Waals surface area contributed by atoms with Crippen LogP contribution >= 0.6 is 0 Å². The van der Waals surface area contributed by atoms with Crippen LogP contribution in [0.3, 0.4) is 0 Å². The molecule has 1 N–H and O–H groups in total. The van der Waals surface area contributed by atoms with Gasteiger partial charge in [0.15, 0.2) is 0 Å². The molecular formula is C18H20N2O3. The van der Waals surface area contributed by atoms with Gasteiger partial charge < -0.3 is 15.0 Å². The van der Waals surface area contributed by atoms with Crippen molar-refractivity contribution >= 4 is 17.7 Å². The summed E-state index contributed by atoms with van der Waals surface area (Å²) >= 11 is 0. The van der Waals surface area contributed by atoms with E-state index in [2.05, 4.69) is 10.1 Å². The van der Waals surface area contributed by atoms with Gasteiger partial charge in [0.2, 0.25) is 0 Å². The summed E-state index contributed by atoms with van der Waals surface area (Å²) in [6.45, 7) is 3.03. The summed E-state index contributed by atoms with van der Waals surface area (Å²) in [5.74, 6) is -0.433. The molecule has 2 rings (SSSR count). The number of nitrogens with zero attached hydrogens (tertiary/aromatic N) is 1. The summed E-state index contributed by atoms with van der Waals surface area (Å²) in [5, 5.41) is 2.81. The molecule has 0 atom stereocenters. The summed E-state index contributed by atoms with van der Waals surface area (Å²) in [6.07, 6.45) is 0. The number of benzene rings is 2. The van der Waals surface area contributed by atoms with Gasteiger partial charge in [-0.3, -0.25) is 0 Å². The number of hydrogen-bond donors (Lipinski definition) is 1. The van der Waals surface area contributed by atoms with E-state index in [1.54, 1.807) is 29.2 Å². The number of rotatable bonds is 5. The molecule has 5 nitrogen and oxygen atoms in total. The van der Waals surface area contributed by atoms with Crippen molar-refractivity contribution in [2.75, 3.05) is 19.0 Å². The minimum Gasteiger partial charge on any atom is -0.465 e. The standard InChI is InChI=1S/C18H20N2O3/c1-3-20(13-14-8-5-4-6-9-14)18(22)19-16-11-7-10-15(12-16)17(21)23-2/h4-12H,3,13H2,1-2H3,(H,19,22). The third-order valence-corrected chi connectivity index (χ3v) is 3.42. The lowest BCUT2D eigenvalue weighted by Crippen LogP contribution is -2.34. The van der Waals surface area contributed by atoms with Crippen LogP contribution in [0.15, 0.2) is 54.6 Å². The van der Waals surface area contributed by atoms with Gasteiger partial charge in [-0.15, -0.1) is 0 Å². The maximum atomic E-state index is 12.4. The fourth-order valence-corrected chi connectivity index (χ4v) is 2.18. The number of carbonyl (C=O) groups is 2. The fourth-order valence-electron chi connectivity index (χ4n) is 2.18. The minimum atomic E-state index is -0.433.